The number of carbonyl (C=O) groups excluding carboxylic acids is 1. The first kappa shape index (κ1) is 10.5. The molecule has 1 aromatic rings. The Bertz CT molecular complexity index is 377. The van der Waals surface area contributed by atoms with Crippen LogP contribution in [0, 0.1) is 0 Å². The van der Waals surface area contributed by atoms with Crippen LogP contribution in [0.3, 0.4) is 0 Å². The third kappa shape index (κ3) is 2.00. The lowest BCUT2D eigenvalue weighted by molar-refractivity contribution is -0.140. The molecule has 1 fully saturated rings. The van der Waals surface area contributed by atoms with Gasteiger partial charge in [-0.3, -0.25) is 4.79 Å². The number of rotatable bonds is 2. The number of amides is 1. The highest BCUT2D eigenvalue weighted by Crippen LogP contribution is 2.23. The fourth-order valence-corrected chi connectivity index (χ4v) is 3.17. The number of carboxylic acid groups (broad SMARTS) is 1. The Morgan fingerprint density at radius 1 is 1.53 bits per heavy atom. The van der Waals surface area contributed by atoms with E-state index in [0.717, 1.165) is 0 Å². The van der Waals surface area contributed by atoms with Gasteiger partial charge in [-0.2, -0.15) is 11.3 Å². The summed E-state index contributed by atoms with van der Waals surface area (Å²) in [5.41, 5.74) is 0.578. The number of aliphatic carboxylic acids is 1. The summed E-state index contributed by atoms with van der Waals surface area (Å²) in [6.45, 7) is 0. The molecule has 0 aromatic carbocycles. The molecule has 0 saturated carbocycles. The molecule has 4 nitrogen and oxygen atoms in total. The quantitative estimate of drug-likeness (QED) is 0.851. The Kier molecular flexibility index (Phi) is 2.97. The number of carbonyl (C=O) groups is 2. The van der Waals surface area contributed by atoms with Crippen LogP contribution in [0.2, 0.25) is 0 Å². The second kappa shape index (κ2) is 4.24. The molecule has 1 amide bonds. The molecule has 2 rings (SSSR count). The molecule has 80 valence electrons. The van der Waals surface area contributed by atoms with E-state index < -0.39 is 12.0 Å². The van der Waals surface area contributed by atoms with Crippen molar-refractivity contribution in [1.29, 1.82) is 0 Å². The topological polar surface area (TPSA) is 57.6 Å². The molecule has 1 N–H and O–H groups in total. The number of thiophene rings is 1. The standard InChI is InChI=1S/C9H9NO3S2/c11-8(6-1-2-14-3-6)10-5-15-4-7(10)9(12)13/h1-3,7H,4-5H2,(H,12,13)/t7-/m0/s1. The van der Waals surface area contributed by atoms with Gasteiger partial charge in [0.05, 0.1) is 11.4 Å². The first-order valence-corrected chi connectivity index (χ1v) is 6.43. The molecule has 6 heteroatoms. The molecule has 1 atom stereocenters. The van der Waals surface area contributed by atoms with Gasteiger partial charge in [0, 0.05) is 11.1 Å². The summed E-state index contributed by atoms with van der Waals surface area (Å²) >= 11 is 2.91. The van der Waals surface area contributed by atoms with E-state index in [1.165, 1.54) is 28.0 Å². The summed E-state index contributed by atoms with van der Waals surface area (Å²) in [4.78, 5) is 24.2. The van der Waals surface area contributed by atoms with E-state index in [4.69, 9.17) is 5.11 Å². The van der Waals surface area contributed by atoms with Gasteiger partial charge in [0.2, 0.25) is 0 Å². The lowest BCUT2D eigenvalue weighted by Gasteiger charge is -2.19. The SMILES string of the molecule is O=C(O)[C@@H]1CSCN1C(=O)c1ccsc1. The molecule has 1 saturated heterocycles. The molecule has 0 unspecified atom stereocenters. The average Bonchev–Trinajstić information content (AvgIpc) is 2.88. The van der Waals surface area contributed by atoms with Crippen LogP contribution in [-0.4, -0.2) is 39.6 Å². The lowest BCUT2D eigenvalue weighted by atomic mass is 10.2. The molecule has 0 aliphatic carbocycles. The van der Waals surface area contributed by atoms with Gasteiger partial charge >= 0.3 is 5.97 Å². The van der Waals surface area contributed by atoms with Crippen LogP contribution < -0.4 is 0 Å². The predicted molar refractivity (Wildman–Crippen MR) is 59.2 cm³/mol. The second-order valence-electron chi connectivity index (χ2n) is 3.14. The van der Waals surface area contributed by atoms with Crippen LogP contribution in [0.5, 0.6) is 0 Å². The maximum atomic E-state index is 11.9. The Balaban J connectivity index is 2.17. The second-order valence-corrected chi connectivity index (χ2v) is 4.92. The summed E-state index contributed by atoms with van der Waals surface area (Å²) in [5, 5.41) is 12.5. The highest BCUT2D eigenvalue weighted by atomic mass is 32.2. The monoisotopic (exact) mass is 243 g/mol. The van der Waals surface area contributed by atoms with Crippen molar-refractivity contribution in [2.24, 2.45) is 0 Å². The highest BCUT2D eigenvalue weighted by Gasteiger charge is 2.34. The number of nitrogens with zero attached hydrogens (tertiary/aromatic N) is 1. The summed E-state index contributed by atoms with van der Waals surface area (Å²) in [6.07, 6.45) is 0. The van der Waals surface area contributed by atoms with Crippen LogP contribution in [0.4, 0.5) is 0 Å². The minimum Gasteiger partial charge on any atom is -0.480 e. The van der Waals surface area contributed by atoms with Gasteiger partial charge in [-0.05, 0) is 11.4 Å². The first-order chi connectivity index (χ1) is 7.20. The number of thioether (sulfide) groups is 1. The summed E-state index contributed by atoms with van der Waals surface area (Å²) in [5.74, 6) is -0.172. The first-order valence-electron chi connectivity index (χ1n) is 4.34. The van der Waals surface area contributed by atoms with Crippen LogP contribution >= 0.6 is 23.1 Å². The fraction of sp³-hybridized carbons (Fsp3) is 0.333. The van der Waals surface area contributed by atoms with Gasteiger partial charge < -0.3 is 10.0 Å². The van der Waals surface area contributed by atoms with Crippen molar-refractivity contribution >= 4 is 35.0 Å². The van der Waals surface area contributed by atoms with E-state index >= 15 is 0 Å². The lowest BCUT2D eigenvalue weighted by Crippen LogP contribution is -2.41. The molecule has 0 radical (unpaired) electrons. The zero-order valence-electron chi connectivity index (χ0n) is 7.75. The predicted octanol–water partition coefficient (Wildman–Crippen LogP) is 1.35. The zero-order chi connectivity index (χ0) is 10.8. The van der Waals surface area contributed by atoms with Gasteiger partial charge in [0.25, 0.3) is 5.91 Å². The van der Waals surface area contributed by atoms with E-state index in [2.05, 4.69) is 0 Å². The Morgan fingerprint density at radius 2 is 2.33 bits per heavy atom. The van der Waals surface area contributed by atoms with Gasteiger partial charge in [-0.15, -0.1) is 11.8 Å². The summed E-state index contributed by atoms with van der Waals surface area (Å²) in [7, 11) is 0. The van der Waals surface area contributed by atoms with Crippen molar-refractivity contribution in [2.75, 3.05) is 11.6 Å². The minimum atomic E-state index is -0.927. The molecule has 15 heavy (non-hydrogen) atoms. The molecule has 2 heterocycles. The molecule has 1 aliphatic rings. The summed E-state index contributed by atoms with van der Waals surface area (Å²) < 4.78 is 0. The van der Waals surface area contributed by atoms with Crippen molar-refractivity contribution < 1.29 is 14.7 Å². The van der Waals surface area contributed by atoms with Gasteiger partial charge in [-0.25, -0.2) is 4.79 Å². The smallest absolute Gasteiger partial charge is 0.327 e. The Morgan fingerprint density at radius 3 is 2.93 bits per heavy atom. The van der Waals surface area contributed by atoms with Crippen molar-refractivity contribution in [3.8, 4) is 0 Å². The molecular formula is C9H9NO3S2. The van der Waals surface area contributed by atoms with Crippen molar-refractivity contribution in [2.45, 2.75) is 6.04 Å². The molecule has 1 aromatic heterocycles. The molecule has 0 bridgehead atoms. The molecule has 1 aliphatic heterocycles. The summed E-state index contributed by atoms with van der Waals surface area (Å²) in [6, 6.07) is 1.04. The third-order valence-electron chi connectivity index (χ3n) is 2.20. The number of carboxylic acids is 1. The number of hydrogen-bond acceptors (Lipinski definition) is 4. The van der Waals surface area contributed by atoms with Crippen LogP contribution in [0.25, 0.3) is 0 Å². The highest BCUT2D eigenvalue weighted by molar-refractivity contribution is 7.99. The molecular weight excluding hydrogens is 234 g/mol. The van der Waals surface area contributed by atoms with E-state index in [0.29, 0.717) is 17.2 Å². The van der Waals surface area contributed by atoms with E-state index in [1.54, 1.807) is 11.4 Å². The Labute approximate surface area is 94.9 Å². The zero-order valence-corrected chi connectivity index (χ0v) is 9.38. The number of hydrogen-bond donors (Lipinski definition) is 1. The molecule has 0 spiro atoms. The van der Waals surface area contributed by atoms with Crippen molar-refractivity contribution in [1.82, 2.24) is 4.90 Å². The van der Waals surface area contributed by atoms with Gasteiger partial charge in [0.1, 0.15) is 6.04 Å². The van der Waals surface area contributed by atoms with Crippen LogP contribution in [-0.2, 0) is 4.79 Å². The maximum Gasteiger partial charge on any atom is 0.327 e. The average molecular weight is 243 g/mol. The van der Waals surface area contributed by atoms with Crippen molar-refractivity contribution in [3.63, 3.8) is 0 Å². The normalized spacial score (nSPS) is 20.5. The third-order valence-corrected chi connectivity index (χ3v) is 3.89. The van der Waals surface area contributed by atoms with Crippen molar-refractivity contribution in [3.05, 3.63) is 22.4 Å². The van der Waals surface area contributed by atoms with Crippen LogP contribution in [0.15, 0.2) is 16.8 Å². The van der Waals surface area contributed by atoms with E-state index in [-0.39, 0.29) is 5.91 Å². The Hall–Kier alpha value is -1.01. The van der Waals surface area contributed by atoms with E-state index in [1.807, 2.05) is 5.38 Å². The largest absolute Gasteiger partial charge is 0.480 e. The van der Waals surface area contributed by atoms with Crippen LogP contribution in [0.1, 0.15) is 10.4 Å². The maximum absolute atomic E-state index is 11.9. The van der Waals surface area contributed by atoms with E-state index in [9.17, 15) is 9.59 Å². The van der Waals surface area contributed by atoms with Gasteiger partial charge in [0.15, 0.2) is 0 Å². The fourth-order valence-electron chi connectivity index (χ4n) is 1.40. The van der Waals surface area contributed by atoms with Gasteiger partial charge in [-0.1, -0.05) is 0 Å². The minimum absolute atomic E-state index is 0.186.